The lowest BCUT2D eigenvalue weighted by molar-refractivity contribution is 0.0731. The lowest BCUT2D eigenvalue weighted by Gasteiger charge is -2.25. The summed E-state index contributed by atoms with van der Waals surface area (Å²) in [5.74, 6) is 0.0315. The van der Waals surface area contributed by atoms with Gasteiger partial charge in [-0.05, 0) is 31.2 Å². The van der Waals surface area contributed by atoms with Crippen molar-refractivity contribution in [2.45, 2.75) is 19.9 Å². The number of carbonyl (C=O) groups is 1. The van der Waals surface area contributed by atoms with Crippen LogP contribution in [-0.2, 0) is 13.0 Å². The van der Waals surface area contributed by atoms with E-state index in [1.807, 2.05) is 36.1 Å². The normalized spacial score (nSPS) is 14.4. The van der Waals surface area contributed by atoms with Gasteiger partial charge in [-0.1, -0.05) is 11.6 Å². The number of nitrogens with zero attached hydrogens (tertiary/aromatic N) is 2. The molecule has 112 valence electrons. The molecule has 1 N–H and O–H groups in total. The largest absolute Gasteiger partial charge is 0.351 e. The zero-order valence-corrected chi connectivity index (χ0v) is 13.6. The lowest BCUT2D eigenvalue weighted by atomic mass is 10.1. The summed E-state index contributed by atoms with van der Waals surface area (Å²) in [6.45, 7) is 3.37. The number of carbonyl (C=O) groups excluding carboxylic acids is 1. The summed E-state index contributed by atoms with van der Waals surface area (Å²) in [6, 6.07) is 7.46. The van der Waals surface area contributed by atoms with Crippen molar-refractivity contribution in [1.82, 2.24) is 14.9 Å². The van der Waals surface area contributed by atoms with Crippen LogP contribution in [0.25, 0.3) is 10.9 Å². The highest BCUT2D eigenvalue weighted by Crippen LogP contribution is 2.26. The summed E-state index contributed by atoms with van der Waals surface area (Å²) in [5, 5.41) is 2.70. The number of thiazole rings is 1. The van der Waals surface area contributed by atoms with Gasteiger partial charge in [0, 0.05) is 33.8 Å². The van der Waals surface area contributed by atoms with Crippen LogP contribution in [0.5, 0.6) is 0 Å². The molecule has 4 rings (SSSR count). The number of halogens is 1. The molecule has 0 fully saturated rings. The Bertz CT molecular complexity index is 883. The first-order valence-corrected chi connectivity index (χ1v) is 8.32. The third-order valence-corrected chi connectivity index (χ3v) is 5.17. The number of hydrogen-bond donors (Lipinski definition) is 1. The molecule has 1 aliphatic rings. The van der Waals surface area contributed by atoms with E-state index in [2.05, 4.69) is 9.97 Å². The summed E-state index contributed by atoms with van der Waals surface area (Å²) >= 11 is 7.68. The molecule has 0 atom stereocenters. The predicted molar refractivity (Wildman–Crippen MR) is 88.6 cm³/mol. The standard InChI is InChI=1S/C16H14ClN3OS/c1-9-18-13-4-5-20(8-15(13)22-9)16(21)14-7-10-6-11(17)2-3-12(10)19-14/h2-3,6-7,19H,4-5,8H2,1H3. The molecule has 2 aromatic heterocycles. The Morgan fingerprint density at radius 3 is 3.14 bits per heavy atom. The number of hydrogen-bond acceptors (Lipinski definition) is 3. The first-order valence-electron chi connectivity index (χ1n) is 7.13. The van der Waals surface area contributed by atoms with Crippen LogP contribution in [0.2, 0.25) is 5.02 Å². The van der Waals surface area contributed by atoms with Gasteiger partial charge in [0.15, 0.2) is 0 Å². The number of aromatic nitrogens is 2. The van der Waals surface area contributed by atoms with Gasteiger partial charge in [-0.15, -0.1) is 11.3 Å². The number of rotatable bonds is 1. The van der Waals surface area contributed by atoms with Crippen molar-refractivity contribution in [3.63, 3.8) is 0 Å². The van der Waals surface area contributed by atoms with Gasteiger partial charge < -0.3 is 9.88 Å². The van der Waals surface area contributed by atoms with Crippen LogP contribution in [0.3, 0.4) is 0 Å². The van der Waals surface area contributed by atoms with Crippen molar-refractivity contribution in [2.24, 2.45) is 0 Å². The zero-order chi connectivity index (χ0) is 15.3. The number of nitrogens with one attached hydrogen (secondary N) is 1. The molecule has 0 aliphatic carbocycles. The number of aryl methyl sites for hydroxylation is 1. The van der Waals surface area contributed by atoms with E-state index in [4.69, 9.17) is 11.6 Å². The number of fused-ring (bicyclic) bond motifs is 2. The second kappa shape index (κ2) is 5.11. The van der Waals surface area contributed by atoms with Gasteiger partial charge in [0.2, 0.25) is 0 Å². The minimum atomic E-state index is 0.0315. The van der Waals surface area contributed by atoms with Crippen molar-refractivity contribution in [3.05, 3.63) is 50.6 Å². The molecule has 4 nitrogen and oxygen atoms in total. The Labute approximate surface area is 136 Å². The van der Waals surface area contributed by atoms with Crippen LogP contribution < -0.4 is 0 Å². The van der Waals surface area contributed by atoms with Gasteiger partial charge in [0.1, 0.15) is 5.69 Å². The molecule has 1 aliphatic heterocycles. The van der Waals surface area contributed by atoms with Crippen molar-refractivity contribution in [1.29, 1.82) is 0 Å². The maximum absolute atomic E-state index is 12.7. The Balaban J connectivity index is 1.63. The van der Waals surface area contributed by atoms with Crippen molar-refractivity contribution < 1.29 is 4.79 Å². The van der Waals surface area contributed by atoms with Gasteiger partial charge in [-0.25, -0.2) is 4.98 Å². The fourth-order valence-electron chi connectivity index (χ4n) is 2.89. The van der Waals surface area contributed by atoms with E-state index in [9.17, 15) is 4.79 Å². The molecule has 6 heteroatoms. The molecule has 3 aromatic rings. The molecule has 0 bridgehead atoms. The number of amides is 1. The second-order valence-corrected chi connectivity index (χ2v) is 7.22. The highest BCUT2D eigenvalue weighted by Gasteiger charge is 2.25. The van der Waals surface area contributed by atoms with Gasteiger partial charge in [0.25, 0.3) is 5.91 Å². The first-order chi connectivity index (χ1) is 10.6. The van der Waals surface area contributed by atoms with Crippen molar-refractivity contribution in [2.75, 3.05) is 6.54 Å². The van der Waals surface area contributed by atoms with E-state index in [-0.39, 0.29) is 5.91 Å². The minimum Gasteiger partial charge on any atom is -0.351 e. The van der Waals surface area contributed by atoms with E-state index < -0.39 is 0 Å². The van der Waals surface area contributed by atoms with Crippen LogP contribution in [-0.4, -0.2) is 27.3 Å². The highest BCUT2D eigenvalue weighted by molar-refractivity contribution is 7.11. The Morgan fingerprint density at radius 1 is 1.41 bits per heavy atom. The molecule has 0 saturated heterocycles. The Hall–Kier alpha value is -1.85. The fourth-order valence-corrected chi connectivity index (χ4v) is 4.07. The quantitative estimate of drug-likeness (QED) is 0.737. The fraction of sp³-hybridized carbons (Fsp3) is 0.250. The van der Waals surface area contributed by atoms with Gasteiger partial charge in [0.05, 0.1) is 17.2 Å². The van der Waals surface area contributed by atoms with Crippen LogP contribution in [0.1, 0.15) is 26.1 Å². The molecule has 22 heavy (non-hydrogen) atoms. The van der Waals surface area contributed by atoms with Crippen LogP contribution in [0.4, 0.5) is 0 Å². The maximum atomic E-state index is 12.7. The smallest absolute Gasteiger partial charge is 0.270 e. The summed E-state index contributed by atoms with van der Waals surface area (Å²) < 4.78 is 0. The van der Waals surface area contributed by atoms with E-state index in [0.717, 1.165) is 28.0 Å². The third kappa shape index (κ3) is 2.30. The van der Waals surface area contributed by atoms with Crippen LogP contribution >= 0.6 is 22.9 Å². The molecule has 0 unspecified atom stereocenters. The lowest BCUT2D eigenvalue weighted by Crippen LogP contribution is -2.35. The molecular weight excluding hydrogens is 318 g/mol. The van der Waals surface area contributed by atoms with Crippen LogP contribution in [0.15, 0.2) is 24.3 Å². The predicted octanol–water partition coefficient (Wildman–Crippen LogP) is 3.78. The Morgan fingerprint density at radius 2 is 2.27 bits per heavy atom. The van der Waals surface area contributed by atoms with E-state index in [1.54, 1.807) is 11.3 Å². The number of H-pyrrole nitrogens is 1. The summed E-state index contributed by atoms with van der Waals surface area (Å²) in [6.07, 6.45) is 0.831. The summed E-state index contributed by atoms with van der Waals surface area (Å²) in [7, 11) is 0. The van der Waals surface area contributed by atoms with E-state index >= 15 is 0 Å². The first kappa shape index (κ1) is 13.8. The van der Waals surface area contributed by atoms with Crippen molar-refractivity contribution >= 4 is 39.7 Å². The summed E-state index contributed by atoms with van der Waals surface area (Å²) in [5.41, 5.74) is 2.69. The molecule has 1 amide bonds. The summed E-state index contributed by atoms with van der Waals surface area (Å²) in [4.78, 5) is 23.5. The molecule has 0 spiro atoms. The topological polar surface area (TPSA) is 49.0 Å². The monoisotopic (exact) mass is 331 g/mol. The highest BCUT2D eigenvalue weighted by atomic mass is 35.5. The molecule has 0 radical (unpaired) electrons. The van der Waals surface area contributed by atoms with E-state index in [1.165, 1.54) is 4.88 Å². The number of aromatic amines is 1. The van der Waals surface area contributed by atoms with Crippen molar-refractivity contribution in [3.8, 4) is 0 Å². The minimum absolute atomic E-state index is 0.0315. The average molecular weight is 332 g/mol. The number of benzene rings is 1. The maximum Gasteiger partial charge on any atom is 0.270 e. The second-order valence-electron chi connectivity index (χ2n) is 5.49. The van der Waals surface area contributed by atoms with E-state index in [0.29, 0.717) is 23.8 Å². The molecular formula is C16H14ClN3OS. The Kier molecular flexibility index (Phi) is 3.20. The zero-order valence-electron chi connectivity index (χ0n) is 12.0. The van der Waals surface area contributed by atoms with Crippen LogP contribution in [0, 0.1) is 6.92 Å². The average Bonchev–Trinajstić information content (AvgIpc) is 3.07. The van der Waals surface area contributed by atoms with Gasteiger partial charge in [-0.3, -0.25) is 4.79 Å². The molecule has 0 saturated carbocycles. The van der Waals surface area contributed by atoms with Gasteiger partial charge in [-0.2, -0.15) is 0 Å². The third-order valence-electron chi connectivity index (χ3n) is 3.94. The van der Waals surface area contributed by atoms with Gasteiger partial charge >= 0.3 is 0 Å². The molecule has 3 heterocycles. The SMILES string of the molecule is Cc1nc2c(s1)CN(C(=O)c1cc3cc(Cl)ccc3[nH]1)CC2. The molecule has 1 aromatic carbocycles.